The third-order valence-corrected chi connectivity index (χ3v) is 6.13. The van der Waals surface area contributed by atoms with E-state index in [4.69, 9.17) is 19.6 Å². The Morgan fingerprint density at radius 2 is 1.41 bits per heavy atom. The minimum absolute atomic E-state index is 0.313. The van der Waals surface area contributed by atoms with Crippen molar-refractivity contribution in [2.75, 3.05) is 62.4 Å². The number of hydrogen-bond donors (Lipinski definition) is 0. The smallest absolute Gasteiger partial charge is 0.155 e. The first-order chi connectivity index (χ1) is 15.7. The summed E-state index contributed by atoms with van der Waals surface area (Å²) in [6.07, 6.45) is 2.12. The third-order valence-electron chi connectivity index (χ3n) is 6.13. The Morgan fingerprint density at radius 3 is 2.06 bits per heavy atom. The molecule has 168 valence electrons. The average Bonchev–Trinajstić information content (AvgIpc) is 3.31. The SMILES string of the molecule is CC(C)c1nn(-c2cccc(N3CCOCC3)n2)cc1-c1ccc(N2CCOCC2)cc1. The van der Waals surface area contributed by atoms with Gasteiger partial charge < -0.3 is 19.3 Å². The van der Waals surface area contributed by atoms with E-state index >= 15 is 0 Å². The number of aromatic nitrogens is 3. The predicted molar refractivity (Wildman–Crippen MR) is 127 cm³/mol. The van der Waals surface area contributed by atoms with E-state index in [2.05, 4.69) is 66.2 Å². The van der Waals surface area contributed by atoms with Crippen LogP contribution in [0, 0.1) is 0 Å². The fourth-order valence-electron chi connectivity index (χ4n) is 4.34. The lowest BCUT2D eigenvalue weighted by Gasteiger charge is -2.28. The minimum Gasteiger partial charge on any atom is -0.378 e. The quantitative estimate of drug-likeness (QED) is 0.611. The molecule has 2 fully saturated rings. The van der Waals surface area contributed by atoms with E-state index in [0.717, 1.165) is 75.5 Å². The van der Waals surface area contributed by atoms with E-state index in [1.54, 1.807) is 0 Å². The molecule has 7 heteroatoms. The van der Waals surface area contributed by atoms with E-state index in [1.165, 1.54) is 11.3 Å². The second kappa shape index (κ2) is 9.30. The van der Waals surface area contributed by atoms with Crippen molar-refractivity contribution < 1.29 is 9.47 Å². The lowest BCUT2D eigenvalue weighted by atomic mass is 10.00. The third kappa shape index (κ3) is 4.36. The summed E-state index contributed by atoms with van der Waals surface area (Å²) in [6.45, 7) is 11.1. The van der Waals surface area contributed by atoms with Gasteiger partial charge in [0.1, 0.15) is 5.82 Å². The van der Waals surface area contributed by atoms with Gasteiger partial charge in [-0.2, -0.15) is 5.10 Å². The van der Waals surface area contributed by atoms with Gasteiger partial charge in [-0.3, -0.25) is 0 Å². The van der Waals surface area contributed by atoms with Crippen LogP contribution in [0.3, 0.4) is 0 Å². The molecule has 2 saturated heterocycles. The van der Waals surface area contributed by atoms with Gasteiger partial charge in [-0.05, 0) is 35.7 Å². The second-order valence-corrected chi connectivity index (χ2v) is 8.63. The monoisotopic (exact) mass is 433 g/mol. The van der Waals surface area contributed by atoms with Gasteiger partial charge in [0.25, 0.3) is 0 Å². The molecule has 7 nitrogen and oxygen atoms in total. The number of nitrogens with zero attached hydrogens (tertiary/aromatic N) is 5. The van der Waals surface area contributed by atoms with E-state index in [1.807, 2.05) is 10.7 Å². The second-order valence-electron chi connectivity index (χ2n) is 8.63. The van der Waals surface area contributed by atoms with Crippen molar-refractivity contribution in [2.45, 2.75) is 19.8 Å². The Kier molecular flexibility index (Phi) is 6.10. The van der Waals surface area contributed by atoms with Gasteiger partial charge in [0, 0.05) is 43.6 Å². The normalized spacial score (nSPS) is 17.2. The van der Waals surface area contributed by atoms with Gasteiger partial charge in [-0.25, -0.2) is 9.67 Å². The van der Waals surface area contributed by atoms with Crippen molar-refractivity contribution in [1.82, 2.24) is 14.8 Å². The number of anilines is 2. The molecule has 3 aromatic rings. The highest BCUT2D eigenvalue weighted by molar-refractivity contribution is 5.69. The molecule has 0 atom stereocenters. The Bertz CT molecular complexity index is 1030. The van der Waals surface area contributed by atoms with Crippen LogP contribution in [-0.2, 0) is 9.47 Å². The van der Waals surface area contributed by atoms with Gasteiger partial charge >= 0.3 is 0 Å². The topological polar surface area (TPSA) is 55.7 Å². The Balaban J connectivity index is 1.44. The zero-order valence-electron chi connectivity index (χ0n) is 18.9. The summed E-state index contributed by atoms with van der Waals surface area (Å²) < 4.78 is 12.9. The molecule has 0 spiro atoms. The maximum atomic E-state index is 5.48. The van der Waals surface area contributed by atoms with Crippen molar-refractivity contribution in [3.8, 4) is 16.9 Å². The Hall–Kier alpha value is -2.90. The molecule has 0 N–H and O–H groups in total. The molecular weight excluding hydrogens is 402 g/mol. The van der Waals surface area contributed by atoms with Gasteiger partial charge in [0.15, 0.2) is 5.82 Å². The van der Waals surface area contributed by atoms with Crippen LogP contribution in [0.1, 0.15) is 25.5 Å². The maximum absolute atomic E-state index is 5.48. The zero-order valence-corrected chi connectivity index (χ0v) is 18.9. The highest BCUT2D eigenvalue weighted by atomic mass is 16.5. The first-order valence-electron chi connectivity index (χ1n) is 11.5. The highest BCUT2D eigenvalue weighted by Gasteiger charge is 2.18. The molecule has 5 rings (SSSR count). The molecule has 2 aromatic heterocycles. The summed E-state index contributed by atoms with van der Waals surface area (Å²) in [5.74, 6) is 2.13. The van der Waals surface area contributed by atoms with Crippen molar-refractivity contribution in [3.05, 3.63) is 54.4 Å². The number of rotatable bonds is 5. The van der Waals surface area contributed by atoms with Crippen LogP contribution in [0.15, 0.2) is 48.7 Å². The van der Waals surface area contributed by atoms with Gasteiger partial charge in [0.2, 0.25) is 0 Å². The molecule has 0 amide bonds. The molecule has 0 radical (unpaired) electrons. The summed E-state index contributed by atoms with van der Waals surface area (Å²) in [7, 11) is 0. The van der Waals surface area contributed by atoms with Gasteiger partial charge in [-0.1, -0.05) is 32.0 Å². The van der Waals surface area contributed by atoms with E-state index in [-0.39, 0.29) is 0 Å². The van der Waals surface area contributed by atoms with Gasteiger partial charge in [-0.15, -0.1) is 0 Å². The van der Waals surface area contributed by atoms with Crippen molar-refractivity contribution >= 4 is 11.5 Å². The first-order valence-corrected chi connectivity index (χ1v) is 11.5. The summed E-state index contributed by atoms with van der Waals surface area (Å²) in [5, 5.41) is 4.94. The summed E-state index contributed by atoms with van der Waals surface area (Å²) in [5.41, 5.74) is 4.67. The summed E-state index contributed by atoms with van der Waals surface area (Å²) in [4.78, 5) is 9.55. The molecule has 2 aliphatic rings. The van der Waals surface area contributed by atoms with Crippen molar-refractivity contribution in [3.63, 3.8) is 0 Å². The van der Waals surface area contributed by atoms with Crippen LogP contribution >= 0.6 is 0 Å². The molecule has 32 heavy (non-hydrogen) atoms. The fraction of sp³-hybridized carbons (Fsp3) is 0.440. The highest BCUT2D eigenvalue weighted by Crippen LogP contribution is 2.31. The largest absolute Gasteiger partial charge is 0.378 e. The van der Waals surface area contributed by atoms with Crippen LogP contribution in [0.4, 0.5) is 11.5 Å². The number of ether oxygens (including phenoxy) is 2. The molecule has 0 unspecified atom stereocenters. The molecule has 4 heterocycles. The van der Waals surface area contributed by atoms with Crippen LogP contribution in [-0.4, -0.2) is 67.4 Å². The molecule has 2 aliphatic heterocycles. The van der Waals surface area contributed by atoms with Crippen LogP contribution in [0.5, 0.6) is 0 Å². The van der Waals surface area contributed by atoms with E-state index in [0.29, 0.717) is 5.92 Å². The maximum Gasteiger partial charge on any atom is 0.155 e. The lowest BCUT2D eigenvalue weighted by Crippen LogP contribution is -2.36. The fourth-order valence-corrected chi connectivity index (χ4v) is 4.34. The lowest BCUT2D eigenvalue weighted by molar-refractivity contribution is 0.122. The van der Waals surface area contributed by atoms with Crippen LogP contribution in [0.25, 0.3) is 16.9 Å². The van der Waals surface area contributed by atoms with Crippen LogP contribution in [0.2, 0.25) is 0 Å². The first kappa shape index (κ1) is 21.0. The molecule has 0 saturated carbocycles. The number of pyridine rings is 1. The van der Waals surface area contributed by atoms with Crippen LogP contribution < -0.4 is 9.80 Å². The Morgan fingerprint density at radius 1 is 0.781 bits per heavy atom. The number of hydrogen-bond acceptors (Lipinski definition) is 6. The molecular formula is C25H31N5O2. The summed E-state index contributed by atoms with van der Waals surface area (Å²) in [6, 6.07) is 15.0. The molecule has 0 bridgehead atoms. The Labute approximate surface area is 189 Å². The predicted octanol–water partition coefficient (Wildman–Crippen LogP) is 3.73. The number of benzene rings is 1. The average molecular weight is 434 g/mol. The van der Waals surface area contributed by atoms with Crippen molar-refractivity contribution in [1.29, 1.82) is 0 Å². The zero-order chi connectivity index (χ0) is 21.9. The minimum atomic E-state index is 0.313. The summed E-state index contributed by atoms with van der Waals surface area (Å²) >= 11 is 0. The van der Waals surface area contributed by atoms with E-state index < -0.39 is 0 Å². The van der Waals surface area contributed by atoms with E-state index in [9.17, 15) is 0 Å². The van der Waals surface area contributed by atoms with Gasteiger partial charge in [0.05, 0.1) is 32.1 Å². The molecule has 1 aromatic carbocycles. The number of morpholine rings is 2. The standard InChI is InChI=1S/C25H31N5O2/c1-19(2)25-22(20-6-8-21(9-7-20)28-10-14-31-15-11-28)18-30(27-25)24-5-3-4-23(26-24)29-12-16-32-17-13-29/h3-9,18-19H,10-17H2,1-2H3. The van der Waals surface area contributed by atoms with Crippen molar-refractivity contribution in [2.24, 2.45) is 0 Å². The molecule has 0 aliphatic carbocycles.